The molecule has 1 aromatic heterocycles. The van der Waals surface area contributed by atoms with E-state index in [1.54, 1.807) is 12.1 Å². The Balaban J connectivity index is 1.93. The second-order valence-corrected chi connectivity index (χ2v) is 4.72. The van der Waals surface area contributed by atoms with Crippen LogP contribution in [0.2, 0.25) is 0 Å². The molecule has 18 heavy (non-hydrogen) atoms. The summed E-state index contributed by atoms with van der Waals surface area (Å²) in [5, 5.41) is 7.34. The van der Waals surface area contributed by atoms with Gasteiger partial charge in [-0.25, -0.2) is 4.98 Å². The molecule has 3 N–H and O–H groups in total. The number of rotatable bonds is 4. The zero-order valence-corrected chi connectivity index (χ0v) is 10.7. The summed E-state index contributed by atoms with van der Waals surface area (Å²) in [7, 11) is 2.13. The molecule has 1 aliphatic heterocycles. The van der Waals surface area contributed by atoms with Crippen LogP contribution in [0.25, 0.3) is 0 Å². The molecule has 2 heterocycles. The van der Waals surface area contributed by atoms with Gasteiger partial charge in [-0.3, -0.25) is 5.41 Å². The van der Waals surface area contributed by atoms with Gasteiger partial charge in [-0.05, 0) is 32.5 Å². The lowest BCUT2D eigenvalue weighted by Gasteiger charge is -2.31. The normalized spacial score (nSPS) is 20.6. The molecule has 0 saturated carbocycles. The molecule has 5 heteroatoms. The van der Waals surface area contributed by atoms with Crippen LogP contribution in [0, 0.1) is 5.41 Å². The van der Waals surface area contributed by atoms with Gasteiger partial charge in [0.2, 0.25) is 5.88 Å². The van der Waals surface area contributed by atoms with Crippen molar-refractivity contribution in [3.63, 3.8) is 0 Å². The van der Waals surface area contributed by atoms with Crippen LogP contribution < -0.4 is 10.5 Å². The van der Waals surface area contributed by atoms with Crippen molar-refractivity contribution in [3.8, 4) is 5.88 Å². The lowest BCUT2D eigenvalue weighted by atomic mass is 10.0. The highest BCUT2D eigenvalue weighted by molar-refractivity contribution is 5.93. The molecule has 0 spiro atoms. The average molecular weight is 248 g/mol. The number of nitrogens with two attached hydrogens (primary N) is 1. The fourth-order valence-corrected chi connectivity index (χ4v) is 2.18. The highest BCUT2D eigenvalue weighted by atomic mass is 16.5. The van der Waals surface area contributed by atoms with E-state index in [9.17, 15) is 0 Å². The first-order chi connectivity index (χ1) is 8.66. The van der Waals surface area contributed by atoms with Crippen LogP contribution in [-0.4, -0.2) is 42.0 Å². The molecule has 1 saturated heterocycles. The second-order valence-electron chi connectivity index (χ2n) is 4.72. The van der Waals surface area contributed by atoms with Gasteiger partial charge in [-0.1, -0.05) is 12.5 Å². The minimum atomic E-state index is -0.0322. The van der Waals surface area contributed by atoms with Crippen molar-refractivity contribution in [1.29, 1.82) is 5.41 Å². The van der Waals surface area contributed by atoms with Crippen molar-refractivity contribution >= 4 is 5.84 Å². The zero-order valence-electron chi connectivity index (χ0n) is 10.7. The molecule has 2 rings (SSSR count). The van der Waals surface area contributed by atoms with Crippen LogP contribution in [0.15, 0.2) is 18.2 Å². The van der Waals surface area contributed by atoms with E-state index in [1.807, 2.05) is 6.07 Å². The molecule has 0 amide bonds. The lowest BCUT2D eigenvalue weighted by molar-refractivity contribution is 0.122. The maximum atomic E-state index is 7.34. The number of nitrogens with one attached hydrogen (secondary N) is 1. The van der Waals surface area contributed by atoms with Gasteiger partial charge in [0.25, 0.3) is 0 Å². The third kappa shape index (κ3) is 3.20. The lowest BCUT2D eigenvalue weighted by Crippen LogP contribution is -2.40. The number of amidine groups is 1. The summed E-state index contributed by atoms with van der Waals surface area (Å²) in [4.78, 5) is 6.52. The minimum absolute atomic E-state index is 0.0322. The van der Waals surface area contributed by atoms with Crippen molar-refractivity contribution < 1.29 is 4.74 Å². The van der Waals surface area contributed by atoms with Gasteiger partial charge >= 0.3 is 0 Å². The third-order valence-corrected chi connectivity index (χ3v) is 3.34. The molecule has 0 aliphatic carbocycles. The van der Waals surface area contributed by atoms with Gasteiger partial charge in [0.1, 0.15) is 18.1 Å². The number of piperidine rings is 1. The summed E-state index contributed by atoms with van der Waals surface area (Å²) in [6.45, 7) is 1.78. The van der Waals surface area contributed by atoms with E-state index in [-0.39, 0.29) is 5.84 Å². The average Bonchev–Trinajstić information content (AvgIpc) is 2.38. The number of hydrogen-bond donors (Lipinski definition) is 2. The van der Waals surface area contributed by atoms with Gasteiger partial charge in [-0.2, -0.15) is 0 Å². The molecule has 1 unspecified atom stereocenters. The monoisotopic (exact) mass is 248 g/mol. The van der Waals surface area contributed by atoms with E-state index in [2.05, 4.69) is 16.9 Å². The van der Waals surface area contributed by atoms with Crippen LogP contribution in [0.1, 0.15) is 25.0 Å². The third-order valence-electron chi connectivity index (χ3n) is 3.34. The Kier molecular flexibility index (Phi) is 4.15. The smallest absolute Gasteiger partial charge is 0.213 e. The number of pyridine rings is 1. The van der Waals surface area contributed by atoms with Gasteiger partial charge in [0, 0.05) is 12.1 Å². The molecule has 5 nitrogen and oxygen atoms in total. The topological polar surface area (TPSA) is 75.2 Å². The number of ether oxygens (including phenoxy) is 1. The molecular weight excluding hydrogens is 228 g/mol. The Morgan fingerprint density at radius 1 is 1.56 bits per heavy atom. The van der Waals surface area contributed by atoms with Crippen molar-refractivity contribution in [2.45, 2.75) is 25.3 Å². The fourth-order valence-electron chi connectivity index (χ4n) is 2.18. The Labute approximate surface area is 107 Å². The predicted octanol–water partition coefficient (Wildman–Crippen LogP) is 1.23. The molecule has 0 radical (unpaired) electrons. The molecule has 0 aromatic carbocycles. The highest BCUT2D eigenvalue weighted by Gasteiger charge is 2.19. The first-order valence-electron chi connectivity index (χ1n) is 6.31. The fraction of sp³-hybridized carbons (Fsp3) is 0.538. The summed E-state index contributed by atoms with van der Waals surface area (Å²) in [5.74, 6) is 0.511. The van der Waals surface area contributed by atoms with E-state index in [4.69, 9.17) is 15.9 Å². The molecule has 98 valence electrons. The SMILES string of the molecule is CN1CCCCC1COc1cccc(C(=N)N)n1. The Hall–Kier alpha value is -1.62. The van der Waals surface area contributed by atoms with Crippen molar-refractivity contribution in [3.05, 3.63) is 23.9 Å². The maximum absolute atomic E-state index is 7.34. The van der Waals surface area contributed by atoms with Crippen LogP contribution in [0.5, 0.6) is 5.88 Å². The van der Waals surface area contributed by atoms with E-state index in [0.717, 1.165) is 6.54 Å². The summed E-state index contributed by atoms with van der Waals surface area (Å²) in [6.07, 6.45) is 3.70. The molecule has 0 bridgehead atoms. The van der Waals surface area contributed by atoms with Gasteiger partial charge in [0.05, 0.1) is 0 Å². The maximum Gasteiger partial charge on any atom is 0.213 e. The van der Waals surface area contributed by atoms with Crippen molar-refractivity contribution in [2.24, 2.45) is 5.73 Å². The van der Waals surface area contributed by atoms with E-state index in [0.29, 0.717) is 24.2 Å². The van der Waals surface area contributed by atoms with Crippen LogP contribution in [0.4, 0.5) is 0 Å². The van der Waals surface area contributed by atoms with E-state index in [1.165, 1.54) is 19.3 Å². The number of aromatic nitrogens is 1. The minimum Gasteiger partial charge on any atom is -0.476 e. The molecule has 1 aliphatic rings. The largest absolute Gasteiger partial charge is 0.476 e. The quantitative estimate of drug-likeness (QED) is 0.620. The van der Waals surface area contributed by atoms with Crippen LogP contribution >= 0.6 is 0 Å². The molecule has 1 fully saturated rings. The first-order valence-corrected chi connectivity index (χ1v) is 6.31. The number of likely N-dealkylation sites (tertiary alicyclic amines) is 1. The molecule has 1 aromatic rings. The molecule has 1 atom stereocenters. The van der Waals surface area contributed by atoms with Gasteiger partial charge in [-0.15, -0.1) is 0 Å². The van der Waals surface area contributed by atoms with Crippen molar-refractivity contribution in [2.75, 3.05) is 20.2 Å². The number of nitrogens with zero attached hydrogens (tertiary/aromatic N) is 2. The summed E-state index contributed by atoms with van der Waals surface area (Å²) in [6, 6.07) is 5.78. The predicted molar refractivity (Wildman–Crippen MR) is 71.0 cm³/mol. The van der Waals surface area contributed by atoms with Crippen molar-refractivity contribution in [1.82, 2.24) is 9.88 Å². The van der Waals surface area contributed by atoms with Gasteiger partial charge in [0.15, 0.2) is 0 Å². The Morgan fingerprint density at radius 2 is 2.39 bits per heavy atom. The van der Waals surface area contributed by atoms with E-state index >= 15 is 0 Å². The Morgan fingerprint density at radius 3 is 3.11 bits per heavy atom. The van der Waals surface area contributed by atoms with E-state index < -0.39 is 0 Å². The standard InChI is InChI=1S/C13H20N4O/c1-17-8-3-2-5-10(17)9-18-12-7-4-6-11(16-12)13(14)15/h4,6-7,10H,2-3,5,8-9H2,1H3,(H3,14,15). The number of nitrogen functional groups attached to an aromatic ring is 1. The van der Waals surface area contributed by atoms with Crippen LogP contribution in [0.3, 0.4) is 0 Å². The summed E-state index contributed by atoms with van der Waals surface area (Å²) in [5.41, 5.74) is 5.86. The summed E-state index contributed by atoms with van der Waals surface area (Å²) >= 11 is 0. The van der Waals surface area contributed by atoms with Gasteiger partial charge < -0.3 is 15.4 Å². The Bertz CT molecular complexity index is 421. The number of hydrogen-bond acceptors (Lipinski definition) is 4. The zero-order chi connectivity index (χ0) is 13.0. The van der Waals surface area contributed by atoms with Crippen LogP contribution in [-0.2, 0) is 0 Å². The highest BCUT2D eigenvalue weighted by Crippen LogP contribution is 2.16. The first kappa shape index (κ1) is 12.8. The summed E-state index contributed by atoms with van der Waals surface area (Å²) < 4.78 is 5.70. The second kappa shape index (κ2) is 5.82. The molecular formula is C13H20N4O. The number of likely N-dealkylation sites (N-methyl/N-ethyl adjacent to an activating group) is 1.